The Morgan fingerprint density at radius 3 is 2.28 bits per heavy atom. The Kier molecular flexibility index (Phi) is 9.69. The highest BCUT2D eigenvalue weighted by molar-refractivity contribution is 7.38. The first-order chi connectivity index (χ1) is 18.2. The zero-order chi connectivity index (χ0) is 29.1. The second-order valence-electron chi connectivity index (χ2n) is 10.1. The summed E-state index contributed by atoms with van der Waals surface area (Å²) < 4.78 is 35.9. The van der Waals surface area contributed by atoms with Gasteiger partial charge in [-0.05, 0) is 75.8 Å². The van der Waals surface area contributed by atoms with Gasteiger partial charge in [0.1, 0.15) is 17.6 Å². The minimum atomic E-state index is -3.13. The van der Waals surface area contributed by atoms with Gasteiger partial charge in [-0.15, -0.1) is 0 Å². The molecule has 0 saturated heterocycles. The van der Waals surface area contributed by atoms with Crippen molar-refractivity contribution in [1.82, 2.24) is 0 Å². The molecule has 0 aromatic heterocycles. The molecule has 2 unspecified atom stereocenters. The van der Waals surface area contributed by atoms with E-state index in [2.05, 4.69) is 4.99 Å². The van der Waals surface area contributed by atoms with Crippen LogP contribution >= 0.6 is 31.8 Å². The monoisotopic (exact) mass is 592 g/mol. The number of aliphatic imine (C=N–C) groups is 1. The molecule has 3 rings (SSSR count). The molecule has 4 nitrogen and oxygen atoms in total. The number of ether oxygens (including phenoxy) is 1. The first-order valence-corrected chi connectivity index (χ1v) is 14.5. The van der Waals surface area contributed by atoms with Crippen LogP contribution in [0.1, 0.15) is 50.5 Å². The van der Waals surface area contributed by atoms with Gasteiger partial charge in [-0.3, -0.25) is 4.99 Å². The number of nitrogens with zero attached hydrogens (tertiary/aromatic N) is 1. The molecule has 0 aliphatic carbocycles. The summed E-state index contributed by atoms with van der Waals surface area (Å²) in [5.74, 6) is 0.0895. The molecule has 0 bridgehead atoms. The molecule has 0 heterocycles. The minimum Gasteiger partial charge on any atom is -0.506 e. The van der Waals surface area contributed by atoms with Crippen molar-refractivity contribution in [2.75, 3.05) is 13.7 Å². The molecule has 3 aromatic rings. The summed E-state index contributed by atoms with van der Waals surface area (Å²) in [4.78, 5) is 4.34. The van der Waals surface area contributed by atoms with E-state index in [1.807, 2.05) is 39.8 Å². The maximum atomic E-state index is 14.8. The molecule has 0 fully saturated rings. The average molecular weight is 593 g/mol. The molecule has 2 atom stereocenters. The van der Waals surface area contributed by atoms with Crippen LogP contribution in [0.4, 0.5) is 8.78 Å². The molecule has 208 valence electrons. The maximum absolute atomic E-state index is 14.8. The highest BCUT2D eigenvalue weighted by Gasteiger charge is 2.32. The summed E-state index contributed by atoms with van der Waals surface area (Å²) in [6, 6.07) is 14.8. The molecule has 39 heavy (non-hydrogen) atoms. The molecule has 3 aromatic carbocycles. The molecule has 0 spiro atoms. The Hall–Kier alpha value is -2.66. The van der Waals surface area contributed by atoms with Crippen molar-refractivity contribution in [2.24, 2.45) is 16.1 Å². The van der Waals surface area contributed by atoms with Crippen molar-refractivity contribution in [3.8, 4) is 22.6 Å². The highest BCUT2D eigenvalue weighted by Crippen LogP contribution is 2.49. The van der Waals surface area contributed by atoms with E-state index in [1.54, 1.807) is 43.5 Å². The van der Waals surface area contributed by atoms with Crippen LogP contribution in [0.5, 0.6) is 11.5 Å². The molecular weight excluding hydrogens is 560 g/mol. The zero-order valence-corrected chi connectivity index (χ0v) is 25.3. The topological polar surface area (TPSA) is 67.8 Å². The second kappa shape index (κ2) is 12.2. The van der Waals surface area contributed by atoms with Gasteiger partial charge in [-0.2, -0.15) is 8.78 Å². The molecule has 0 amide bonds. The molecule has 0 radical (unpaired) electrons. The Balaban J connectivity index is 2.23. The Bertz CT molecular complexity index is 1400. The minimum absolute atomic E-state index is 0.0564. The normalized spacial score (nSPS) is 14.2. The number of allylic oxidation sites excluding steroid dienone is 1. The smallest absolute Gasteiger partial charge is 0.287 e. The van der Waals surface area contributed by atoms with Crippen molar-refractivity contribution in [1.29, 1.82) is 0 Å². The Morgan fingerprint density at radius 1 is 1.08 bits per heavy atom. The summed E-state index contributed by atoms with van der Waals surface area (Å²) in [5.41, 5.74) is 5.43. The van der Waals surface area contributed by atoms with Gasteiger partial charge < -0.3 is 15.6 Å². The predicted molar refractivity (Wildman–Crippen MR) is 162 cm³/mol. The van der Waals surface area contributed by atoms with Crippen molar-refractivity contribution in [2.45, 2.75) is 39.5 Å². The Morgan fingerprint density at radius 2 is 1.72 bits per heavy atom. The number of benzene rings is 3. The van der Waals surface area contributed by atoms with Crippen molar-refractivity contribution in [3.05, 3.63) is 87.4 Å². The number of rotatable bonds is 8. The highest BCUT2D eigenvalue weighted by atomic mass is 35.5. The largest absolute Gasteiger partial charge is 0.506 e. The van der Waals surface area contributed by atoms with E-state index in [4.69, 9.17) is 33.7 Å². The number of phenolic OH excluding ortho intramolecular Hbond substituents is 1. The van der Waals surface area contributed by atoms with E-state index >= 15 is 0 Å². The molecule has 9 heteroatoms. The summed E-state index contributed by atoms with van der Waals surface area (Å²) in [5, 5.41) is 12.1. The van der Waals surface area contributed by atoms with Crippen LogP contribution in [0.15, 0.2) is 65.7 Å². The van der Waals surface area contributed by atoms with Crippen LogP contribution in [-0.4, -0.2) is 24.5 Å². The standard InChI is InChI=1S/C30H33Cl2F2N2O2P/c1-17(18-7-10-20(31)11-8-18)38-25-14-12-21(24(35)16-26(36-5)29(2,3)4)28(37)27(25)19-9-13-23(32)22(15-19)30(33,34)39-6/h7-17,37,39H,35H2,1-6H3. The van der Waals surface area contributed by atoms with Crippen molar-refractivity contribution >= 4 is 43.2 Å². The predicted octanol–water partition coefficient (Wildman–Crippen LogP) is 9.28. The first-order valence-electron chi connectivity index (χ1n) is 12.3. The number of hydrogen-bond acceptors (Lipinski definition) is 4. The van der Waals surface area contributed by atoms with Crippen molar-refractivity contribution < 1.29 is 18.6 Å². The van der Waals surface area contributed by atoms with Crippen molar-refractivity contribution in [3.63, 3.8) is 0 Å². The van der Waals surface area contributed by atoms with Crippen LogP contribution in [0.3, 0.4) is 0 Å². The SMILES string of the molecule is CN=C(C=C(N)c1ccc(OC(C)c2ccc(Cl)cc2)c(-c2ccc(Cl)c(C(F)(F)PC)c2)c1O)C(C)(C)C. The fourth-order valence-electron chi connectivity index (χ4n) is 4.07. The second-order valence-corrected chi connectivity index (χ2v) is 12.1. The summed E-state index contributed by atoms with van der Waals surface area (Å²) >= 11 is 12.2. The number of alkyl halides is 2. The molecule has 0 aliphatic rings. The third kappa shape index (κ3) is 7.11. The van der Waals surface area contributed by atoms with Gasteiger partial charge in [0.05, 0.1) is 10.6 Å². The molecular formula is C30H33Cl2F2N2O2P. The lowest BCUT2D eigenvalue weighted by atomic mass is 9.88. The van der Waals surface area contributed by atoms with E-state index < -0.39 is 20.3 Å². The lowest BCUT2D eigenvalue weighted by Crippen LogP contribution is -2.19. The third-order valence-corrected chi connectivity index (χ3v) is 7.78. The average Bonchev–Trinajstić information content (AvgIpc) is 2.87. The maximum Gasteiger partial charge on any atom is 0.287 e. The first kappa shape index (κ1) is 30.9. The fraction of sp³-hybridized carbons (Fsp3) is 0.300. The summed E-state index contributed by atoms with van der Waals surface area (Å²) in [6.07, 6.45) is 1.26. The third-order valence-electron chi connectivity index (χ3n) is 6.30. The van der Waals surface area contributed by atoms with Gasteiger partial charge >= 0.3 is 0 Å². The molecule has 0 saturated carbocycles. The lowest BCUT2D eigenvalue weighted by Gasteiger charge is -2.23. The Labute approximate surface area is 240 Å². The van der Waals surface area contributed by atoms with Gasteiger partial charge in [-0.1, -0.05) is 62.2 Å². The number of halogens is 4. The number of aromatic hydroxyl groups is 1. The quantitative estimate of drug-likeness (QED) is 0.202. The lowest BCUT2D eigenvalue weighted by molar-refractivity contribution is 0.101. The van der Waals surface area contributed by atoms with E-state index in [-0.39, 0.29) is 33.0 Å². The number of phenols is 1. The van der Waals surface area contributed by atoms with Crippen LogP contribution in [-0.2, 0) is 5.66 Å². The van der Waals surface area contributed by atoms with Crippen LogP contribution in [0, 0.1) is 5.41 Å². The van der Waals surface area contributed by atoms with E-state index in [9.17, 15) is 13.9 Å². The zero-order valence-electron chi connectivity index (χ0n) is 22.7. The van der Waals surface area contributed by atoms with E-state index in [0.717, 1.165) is 11.3 Å². The van der Waals surface area contributed by atoms with Gasteiger partial charge in [0.25, 0.3) is 5.66 Å². The van der Waals surface area contributed by atoms with Gasteiger partial charge in [0, 0.05) is 40.0 Å². The summed E-state index contributed by atoms with van der Waals surface area (Å²) in [7, 11) is 0.979. The van der Waals surface area contributed by atoms with Crippen LogP contribution in [0.25, 0.3) is 16.8 Å². The fourth-order valence-corrected chi connectivity index (χ4v) is 4.99. The summed E-state index contributed by atoms with van der Waals surface area (Å²) in [6.45, 7) is 9.27. The number of nitrogens with two attached hydrogens (primary N) is 1. The van der Waals surface area contributed by atoms with Gasteiger partial charge in [0.15, 0.2) is 0 Å². The van der Waals surface area contributed by atoms with Gasteiger partial charge in [-0.25, -0.2) is 0 Å². The van der Waals surface area contributed by atoms with E-state index in [0.29, 0.717) is 21.9 Å². The van der Waals surface area contributed by atoms with Crippen LogP contribution in [0.2, 0.25) is 10.0 Å². The molecule has 3 N–H and O–H groups in total. The number of hydrogen-bond donors (Lipinski definition) is 2. The van der Waals surface area contributed by atoms with Crippen LogP contribution < -0.4 is 10.5 Å². The molecule has 0 aliphatic heterocycles. The van der Waals surface area contributed by atoms with Gasteiger partial charge in [0.2, 0.25) is 0 Å². The van der Waals surface area contributed by atoms with E-state index in [1.165, 1.54) is 18.8 Å².